The van der Waals surface area contributed by atoms with Crippen LogP contribution in [-0.4, -0.2) is 48.9 Å². The highest BCUT2D eigenvalue weighted by Crippen LogP contribution is 2.22. The van der Waals surface area contributed by atoms with Crippen molar-refractivity contribution in [3.8, 4) is 0 Å². The van der Waals surface area contributed by atoms with Crippen LogP contribution in [0.2, 0.25) is 0 Å². The molecule has 1 fully saturated rings. The fraction of sp³-hybridized carbons (Fsp3) is 0.533. The van der Waals surface area contributed by atoms with Gasteiger partial charge in [-0.25, -0.2) is 4.39 Å². The Bertz CT molecular complexity index is 487. The maximum Gasteiger partial charge on any atom is 0.253 e. The lowest BCUT2D eigenvalue weighted by molar-refractivity contribution is 0.0781. The number of hydrogen-bond donors (Lipinski definition) is 0. The van der Waals surface area contributed by atoms with E-state index in [0.29, 0.717) is 23.1 Å². The van der Waals surface area contributed by atoms with Gasteiger partial charge in [0.2, 0.25) is 0 Å². The molecule has 2 unspecified atom stereocenters. The molecule has 104 valence electrons. The van der Waals surface area contributed by atoms with Crippen molar-refractivity contribution in [2.24, 2.45) is 5.92 Å². The van der Waals surface area contributed by atoms with Gasteiger partial charge in [0.15, 0.2) is 0 Å². The Morgan fingerprint density at radius 3 is 2.58 bits per heavy atom. The Hall–Kier alpha value is -1.42. The molecule has 1 amide bonds. The number of nitrogens with zero attached hydrogens (tertiary/aromatic N) is 2. The smallest absolute Gasteiger partial charge is 0.253 e. The zero-order valence-corrected chi connectivity index (χ0v) is 12.0. The van der Waals surface area contributed by atoms with Gasteiger partial charge < -0.3 is 9.80 Å². The second-order valence-corrected chi connectivity index (χ2v) is 5.68. The molecule has 0 aliphatic carbocycles. The molecule has 3 nitrogen and oxygen atoms in total. The molecule has 1 aliphatic rings. The van der Waals surface area contributed by atoms with E-state index in [1.54, 1.807) is 19.1 Å². The van der Waals surface area contributed by atoms with Crippen LogP contribution in [0.5, 0.6) is 0 Å². The second-order valence-electron chi connectivity index (χ2n) is 5.68. The van der Waals surface area contributed by atoms with E-state index in [1.165, 1.54) is 6.07 Å². The molecule has 0 bridgehead atoms. The summed E-state index contributed by atoms with van der Waals surface area (Å²) in [5, 5.41) is 0. The Labute approximate surface area is 114 Å². The molecule has 0 radical (unpaired) electrons. The van der Waals surface area contributed by atoms with Gasteiger partial charge in [-0.1, -0.05) is 6.92 Å². The zero-order valence-electron chi connectivity index (χ0n) is 12.0. The lowest BCUT2D eigenvalue weighted by Gasteiger charge is -2.22. The third-order valence-electron chi connectivity index (χ3n) is 3.93. The maximum atomic E-state index is 13.2. The minimum atomic E-state index is -0.266. The summed E-state index contributed by atoms with van der Waals surface area (Å²) < 4.78 is 13.2. The molecule has 19 heavy (non-hydrogen) atoms. The van der Waals surface area contributed by atoms with Crippen LogP contribution in [0.1, 0.15) is 22.8 Å². The van der Waals surface area contributed by atoms with E-state index in [1.807, 2.05) is 19.0 Å². The molecule has 1 heterocycles. The topological polar surface area (TPSA) is 23.6 Å². The monoisotopic (exact) mass is 264 g/mol. The molecule has 1 saturated heterocycles. The number of carbonyl (C=O) groups excluding carboxylic acids is 1. The first-order chi connectivity index (χ1) is 8.90. The molecule has 0 saturated carbocycles. The van der Waals surface area contributed by atoms with Crippen molar-refractivity contribution in [2.75, 3.05) is 27.2 Å². The van der Waals surface area contributed by atoms with Crippen LogP contribution in [0, 0.1) is 18.7 Å². The van der Waals surface area contributed by atoms with Crippen molar-refractivity contribution >= 4 is 5.91 Å². The van der Waals surface area contributed by atoms with Gasteiger partial charge >= 0.3 is 0 Å². The average Bonchev–Trinajstić information content (AvgIpc) is 2.74. The van der Waals surface area contributed by atoms with E-state index >= 15 is 0 Å². The van der Waals surface area contributed by atoms with Crippen molar-refractivity contribution in [1.29, 1.82) is 0 Å². The van der Waals surface area contributed by atoms with E-state index in [2.05, 4.69) is 11.8 Å². The van der Waals surface area contributed by atoms with Crippen LogP contribution in [-0.2, 0) is 0 Å². The highest BCUT2D eigenvalue weighted by molar-refractivity contribution is 5.94. The fourth-order valence-corrected chi connectivity index (χ4v) is 2.75. The van der Waals surface area contributed by atoms with Crippen molar-refractivity contribution in [3.63, 3.8) is 0 Å². The summed E-state index contributed by atoms with van der Waals surface area (Å²) in [6.07, 6.45) is 0. The first-order valence-electron chi connectivity index (χ1n) is 6.62. The lowest BCUT2D eigenvalue weighted by Crippen LogP contribution is -2.35. The van der Waals surface area contributed by atoms with E-state index in [9.17, 15) is 9.18 Å². The van der Waals surface area contributed by atoms with Crippen molar-refractivity contribution in [3.05, 3.63) is 35.1 Å². The molecule has 2 atom stereocenters. The normalized spacial score (nSPS) is 23.2. The fourth-order valence-electron chi connectivity index (χ4n) is 2.75. The van der Waals surface area contributed by atoms with Gasteiger partial charge in [0.25, 0.3) is 5.91 Å². The molecule has 0 N–H and O–H groups in total. The van der Waals surface area contributed by atoms with Gasteiger partial charge in [-0.15, -0.1) is 0 Å². The quantitative estimate of drug-likeness (QED) is 0.817. The summed E-state index contributed by atoms with van der Waals surface area (Å²) in [6, 6.07) is 4.96. The number of rotatable bonds is 2. The van der Waals surface area contributed by atoms with Crippen LogP contribution in [0.25, 0.3) is 0 Å². The SMILES string of the molecule is Cc1cc(C(=O)N2CC(C)C(N(C)C)C2)ccc1F. The Balaban J connectivity index is 2.15. The highest BCUT2D eigenvalue weighted by Gasteiger charge is 2.33. The summed E-state index contributed by atoms with van der Waals surface area (Å²) in [5.74, 6) is 0.192. The van der Waals surface area contributed by atoms with Crippen LogP contribution in [0.3, 0.4) is 0 Å². The third kappa shape index (κ3) is 2.78. The minimum Gasteiger partial charge on any atom is -0.337 e. The predicted octanol–water partition coefficient (Wildman–Crippen LogP) is 2.16. The molecule has 0 aromatic heterocycles. The molecule has 4 heteroatoms. The molecule has 1 aromatic carbocycles. The summed E-state index contributed by atoms with van der Waals surface area (Å²) in [6.45, 7) is 5.34. The third-order valence-corrected chi connectivity index (χ3v) is 3.93. The highest BCUT2D eigenvalue weighted by atomic mass is 19.1. The lowest BCUT2D eigenvalue weighted by atomic mass is 10.1. The largest absolute Gasteiger partial charge is 0.337 e. The van der Waals surface area contributed by atoms with Gasteiger partial charge in [-0.3, -0.25) is 4.79 Å². The van der Waals surface area contributed by atoms with Crippen molar-refractivity contribution in [1.82, 2.24) is 9.80 Å². The first kappa shape index (κ1) is 14.0. The summed E-state index contributed by atoms with van der Waals surface area (Å²) in [7, 11) is 4.08. The van der Waals surface area contributed by atoms with E-state index in [4.69, 9.17) is 0 Å². The van der Waals surface area contributed by atoms with Gasteiger partial charge in [0, 0.05) is 24.7 Å². The number of benzene rings is 1. The van der Waals surface area contributed by atoms with E-state index in [0.717, 1.165) is 13.1 Å². The zero-order chi connectivity index (χ0) is 14.2. The van der Waals surface area contributed by atoms with Crippen molar-refractivity contribution in [2.45, 2.75) is 19.9 Å². The summed E-state index contributed by atoms with van der Waals surface area (Å²) in [5.41, 5.74) is 1.09. The predicted molar refractivity (Wildman–Crippen MR) is 73.7 cm³/mol. The first-order valence-corrected chi connectivity index (χ1v) is 6.62. The number of likely N-dealkylation sites (N-methyl/N-ethyl adjacent to an activating group) is 1. The van der Waals surface area contributed by atoms with Gasteiger partial charge in [-0.05, 0) is 50.7 Å². The van der Waals surface area contributed by atoms with E-state index in [-0.39, 0.29) is 11.7 Å². The number of aryl methyl sites for hydroxylation is 1. The van der Waals surface area contributed by atoms with E-state index < -0.39 is 0 Å². The minimum absolute atomic E-state index is 0.000648. The number of carbonyl (C=O) groups is 1. The second kappa shape index (κ2) is 5.29. The van der Waals surface area contributed by atoms with Crippen LogP contribution >= 0.6 is 0 Å². The Morgan fingerprint density at radius 2 is 2.05 bits per heavy atom. The van der Waals surface area contributed by atoms with Crippen LogP contribution in [0.4, 0.5) is 4.39 Å². The molecule has 1 aliphatic heterocycles. The van der Waals surface area contributed by atoms with Crippen molar-refractivity contribution < 1.29 is 9.18 Å². The Kier molecular flexibility index (Phi) is 3.90. The van der Waals surface area contributed by atoms with Gasteiger partial charge in [0.05, 0.1) is 0 Å². The van der Waals surface area contributed by atoms with Crippen LogP contribution in [0.15, 0.2) is 18.2 Å². The van der Waals surface area contributed by atoms with Gasteiger partial charge in [-0.2, -0.15) is 0 Å². The number of halogens is 1. The molecular weight excluding hydrogens is 243 g/mol. The van der Waals surface area contributed by atoms with Crippen LogP contribution < -0.4 is 0 Å². The number of amides is 1. The summed E-state index contributed by atoms with van der Waals surface area (Å²) in [4.78, 5) is 16.4. The molecule has 2 rings (SSSR count). The average molecular weight is 264 g/mol. The van der Waals surface area contributed by atoms with Gasteiger partial charge in [0.1, 0.15) is 5.82 Å². The standard InChI is InChI=1S/C15H21FN2O/c1-10-7-12(5-6-13(10)16)15(19)18-8-11(2)14(9-18)17(3)4/h5-7,11,14H,8-9H2,1-4H3. The molecular formula is C15H21FN2O. The Morgan fingerprint density at radius 1 is 1.37 bits per heavy atom. The number of hydrogen-bond acceptors (Lipinski definition) is 2. The maximum absolute atomic E-state index is 13.2. The molecule has 0 spiro atoms. The number of likely N-dealkylation sites (tertiary alicyclic amines) is 1. The molecule has 1 aromatic rings. The summed E-state index contributed by atoms with van der Waals surface area (Å²) >= 11 is 0.